The molecule has 0 fully saturated rings. The molecule has 8 heteroatoms. The molecule has 0 unspecified atom stereocenters. The number of amides is 1. The van der Waals surface area contributed by atoms with Crippen molar-refractivity contribution in [3.63, 3.8) is 0 Å². The topological polar surface area (TPSA) is 66.5 Å². The van der Waals surface area contributed by atoms with Crippen LogP contribution in [0, 0.1) is 0 Å². The van der Waals surface area contributed by atoms with Gasteiger partial charge >= 0.3 is 0 Å². The smallest absolute Gasteiger partial charge is 0.255 e. The van der Waals surface area contributed by atoms with E-state index in [-0.39, 0.29) is 15.5 Å². The zero-order valence-corrected chi connectivity index (χ0v) is 17.0. The standard InChI is InChI=1S/C17H18BrClN2O3S/c1-3-21(4-2)25(23,24)16-11-12(5-10-15(16)19)17(22)20-14-8-6-13(18)7-9-14/h5-11H,3-4H2,1-2H3,(H,20,22). The second kappa shape index (κ2) is 8.31. The molecule has 1 amide bonds. The van der Waals surface area contributed by atoms with Gasteiger partial charge in [-0.2, -0.15) is 4.31 Å². The summed E-state index contributed by atoms with van der Waals surface area (Å²) in [7, 11) is -3.75. The van der Waals surface area contributed by atoms with Gasteiger partial charge in [0.2, 0.25) is 10.0 Å². The van der Waals surface area contributed by atoms with Gasteiger partial charge in [0.1, 0.15) is 4.90 Å². The number of benzene rings is 2. The van der Waals surface area contributed by atoms with Crippen LogP contribution in [0.1, 0.15) is 24.2 Å². The van der Waals surface area contributed by atoms with Crippen LogP contribution < -0.4 is 5.32 Å². The van der Waals surface area contributed by atoms with Gasteiger partial charge in [-0.05, 0) is 42.5 Å². The minimum atomic E-state index is -3.75. The Labute approximate surface area is 161 Å². The van der Waals surface area contributed by atoms with Crippen LogP contribution in [0.25, 0.3) is 0 Å². The Bertz CT molecular complexity index is 866. The van der Waals surface area contributed by atoms with Crippen molar-refractivity contribution in [3.05, 3.63) is 57.5 Å². The molecular formula is C17H18BrClN2O3S. The number of carbonyl (C=O) groups is 1. The molecule has 0 aliphatic heterocycles. The van der Waals surface area contributed by atoms with Crippen molar-refractivity contribution in [2.24, 2.45) is 0 Å². The van der Waals surface area contributed by atoms with Crippen LogP contribution in [-0.2, 0) is 10.0 Å². The van der Waals surface area contributed by atoms with E-state index < -0.39 is 15.9 Å². The third-order valence-electron chi connectivity index (χ3n) is 3.62. The first-order valence-corrected chi connectivity index (χ1v) is 10.3. The number of halogens is 2. The molecule has 0 aliphatic carbocycles. The summed E-state index contributed by atoms with van der Waals surface area (Å²) in [5, 5.41) is 2.82. The van der Waals surface area contributed by atoms with E-state index in [1.54, 1.807) is 38.1 Å². The number of rotatable bonds is 6. The monoisotopic (exact) mass is 444 g/mol. The van der Waals surface area contributed by atoms with Crippen molar-refractivity contribution < 1.29 is 13.2 Å². The second-order valence-electron chi connectivity index (χ2n) is 5.20. The largest absolute Gasteiger partial charge is 0.322 e. The summed E-state index contributed by atoms with van der Waals surface area (Å²) in [6.07, 6.45) is 0. The Balaban J connectivity index is 2.35. The minimum Gasteiger partial charge on any atom is -0.322 e. The van der Waals surface area contributed by atoms with Crippen molar-refractivity contribution >= 4 is 49.1 Å². The lowest BCUT2D eigenvalue weighted by atomic mass is 10.2. The molecule has 134 valence electrons. The lowest BCUT2D eigenvalue weighted by molar-refractivity contribution is 0.102. The molecule has 5 nitrogen and oxygen atoms in total. The summed E-state index contributed by atoms with van der Waals surface area (Å²) in [4.78, 5) is 12.4. The molecule has 0 heterocycles. The molecule has 0 spiro atoms. The molecule has 25 heavy (non-hydrogen) atoms. The Morgan fingerprint density at radius 2 is 1.72 bits per heavy atom. The highest BCUT2D eigenvalue weighted by Gasteiger charge is 2.25. The van der Waals surface area contributed by atoms with Gasteiger partial charge in [-0.15, -0.1) is 0 Å². The number of nitrogens with one attached hydrogen (secondary N) is 1. The first kappa shape index (κ1) is 19.9. The molecule has 0 bridgehead atoms. The van der Waals surface area contributed by atoms with Gasteiger partial charge in [-0.3, -0.25) is 4.79 Å². The van der Waals surface area contributed by atoms with Gasteiger partial charge in [0.15, 0.2) is 0 Å². The van der Waals surface area contributed by atoms with Crippen LogP contribution >= 0.6 is 27.5 Å². The van der Waals surface area contributed by atoms with E-state index in [0.29, 0.717) is 18.8 Å². The fraction of sp³-hybridized carbons (Fsp3) is 0.235. The molecule has 0 aromatic heterocycles. The fourth-order valence-electron chi connectivity index (χ4n) is 2.28. The normalized spacial score (nSPS) is 11.6. The Morgan fingerprint density at radius 1 is 1.12 bits per heavy atom. The highest BCUT2D eigenvalue weighted by molar-refractivity contribution is 9.10. The van der Waals surface area contributed by atoms with E-state index >= 15 is 0 Å². The molecule has 0 saturated heterocycles. The highest BCUT2D eigenvalue weighted by atomic mass is 79.9. The molecule has 0 aliphatic rings. The van der Waals surface area contributed by atoms with Gasteiger partial charge in [-0.1, -0.05) is 41.4 Å². The first-order chi connectivity index (χ1) is 11.8. The maximum atomic E-state index is 12.7. The van der Waals surface area contributed by atoms with Gasteiger partial charge in [0, 0.05) is 28.8 Å². The second-order valence-corrected chi connectivity index (χ2v) is 8.42. The number of sulfonamides is 1. The van der Waals surface area contributed by atoms with Crippen LogP contribution in [0.2, 0.25) is 5.02 Å². The molecule has 0 saturated carbocycles. The number of anilines is 1. The van der Waals surface area contributed by atoms with Crippen molar-refractivity contribution in [2.45, 2.75) is 18.7 Å². The van der Waals surface area contributed by atoms with Crippen LogP contribution in [-0.4, -0.2) is 31.7 Å². The van der Waals surface area contributed by atoms with Crippen molar-refractivity contribution in [1.82, 2.24) is 4.31 Å². The Hall–Kier alpha value is -1.41. The number of nitrogens with zero attached hydrogens (tertiary/aromatic N) is 1. The van der Waals surface area contributed by atoms with Crippen molar-refractivity contribution in [2.75, 3.05) is 18.4 Å². The van der Waals surface area contributed by atoms with E-state index in [1.807, 2.05) is 0 Å². The Kier molecular flexibility index (Phi) is 6.62. The number of hydrogen-bond donors (Lipinski definition) is 1. The average Bonchev–Trinajstić information content (AvgIpc) is 2.58. The summed E-state index contributed by atoms with van der Waals surface area (Å²) in [5.41, 5.74) is 0.828. The summed E-state index contributed by atoms with van der Waals surface area (Å²) in [6, 6.07) is 11.3. The van der Waals surface area contributed by atoms with Gasteiger partial charge in [0.25, 0.3) is 5.91 Å². The predicted octanol–water partition coefficient (Wildman–Crippen LogP) is 4.39. The molecule has 2 aromatic carbocycles. The SMILES string of the molecule is CCN(CC)S(=O)(=O)c1cc(C(=O)Nc2ccc(Br)cc2)ccc1Cl. The zero-order chi connectivity index (χ0) is 18.6. The lowest BCUT2D eigenvalue weighted by Gasteiger charge is -2.19. The summed E-state index contributed by atoms with van der Waals surface area (Å²) < 4.78 is 27.6. The molecule has 1 N–H and O–H groups in total. The lowest BCUT2D eigenvalue weighted by Crippen LogP contribution is -2.31. The fourth-order valence-corrected chi connectivity index (χ4v) is 4.50. The van der Waals surface area contributed by atoms with E-state index in [1.165, 1.54) is 22.5 Å². The molecule has 2 rings (SSSR count). The molecular weight excluding hydrogens is 428 g/mol. The summed E-state index contributed by atoms with van der Waals surface area (Å²) in [5.74, 6) is -0.407. The van der Waals surface area contributed by atoms with Gasteiger partial charge < -0.3 is 5.32 Å². The van der Waals surface area contributed by atoms with Crippen LogP contribution in [0.4, 0.5) is 5.69 Å². The van der Waals surface area contributed by atoms with Crippen molar-refractivity contribution in [1.29, 1.82) is 0 Å². The van der Waals surface area contributed by atoms with Crippen LogP contribution in [0.15, 0.2) is 51.8 Å². The van der Waals surface area contributed by atoms with E-state index in [2.05, 4.69) is 21.2 Å². The maximum absolute atomic E-state index is 12.7. The predicted molar refractivity (Wildman–Crippen MR) is 104 cm³/mol. The minimum absolute atomic E-state index is 0.0682. The Morgan fingerprint density at radius 3 is 2.28 bits per heavy atom. The highest BCUT2D eigenvalue weighted by Crippen LogP contribution is 2.26. The average molecular weight is 446 g/mol. The molecule has 2 aromatic rings. The number of carbonyl (C=O) groups excluding carboxylic acids is 1. The maximum Gasteiger partial charge on any atom is 0.255 e. The van der Waals surface area contributed by atoms with E-state index in [9.17, 15) is 13.2 Å². The van der Waals surface area contributed by atoms with Crippen LogP contribution in [0.5, 0.6) is 0 Å². The zero-order valence-electron chi connectivity index (χ0n) is 13.8. The van der Waals surface area contributed by atoms with E-state index in [0.717, 1.165) is 4.47 Å². The molecule has 0 radical (unpaired) electrons. The van der Waals surface area contributed by atoms with Crippen molar-refractivity contribution in [3.8, 4) is 0 Å². The van der Waals surface area contributed by atoms with E-state index in [4.69, 9.17) is 11.6 Å². The quantitative estimate of drug-likeness (QED) is 0.717. The van der Waals surface area contributed by atoms with Gasteiger partial charge in [-0.25, -0.2) is 8.42 Å². The molecule has 0 atom stereocenters. The number of hydrogen-bond acceptors (Lipinski definition) is 3. The third-order valence-corrected chi connectivity index (χ3v) is 6.68. The summed E-state index contributed by atoms with van der Waals surface area (Å²) in [6.45, 7) is 4.15. The third kappa shape index (κ3) is 4.61. The van der Waals surface area contributed by atoms with Gasteiger partial charge in [0.05, 0.1) is 5.02 Å². The first-order valence-electron chi connectivity index (χ1n) is 7.66. The summed E-state index contributed by atoms with van der Waals surface area (Å²) >= 11 is 9.40. The van der Waals surface area contributed by atoms with Crippen LogP contribution in [0.3, 0.4) is 0 Å².